The average molecular weight is 268 g/mol. The van der Waals surface area contributed by atoms with Crippen molar-refractivity contribution in [2.24, 2.45) is 11.8 Å². The summed E-state index contributed by atoms with van der Waals surface area (Å²) in [5.74, 6) is -0.710. The monoisotopic (exact) mass is 268 g/mol. The molecule has 0 radical (unpaired) electrons. The van der Waals surface area contributed by atoms with Gasteiger partial charge in [0.15, 0.2) is 0 Å². The number of aliphatic carboxylic acids is 1. The number of carbonyl (C=O) groups is 2. The maximum atomic E-state index is 11.7. The van der Waals surface area contributed by atoms with Crippen LogP contribution in [0.2, 0.25) is 0 Å². The second-order valence-corrected chi connectivity index (χ2v) is 5.82. The Morgan fingerprint density at radius 2 is 1.79 bits per heavy atom. The highest BCUT2D eigenvalue weighted by Crippen LogP contribution is 2.31. The molecule has 2 aliphatic carbocycles. The number of hydrogen-bond acceptors (Lipinski definition) is 3. The molecule has 0 heterocycles. The van der Waals surface area contributed by atoms with E-state index in [1.807, 2.05) is 0 Å². The Kier molecular flexibility index (Phi) is 5.19. The van der Waals surface area contributed by atoms with Gasteiger partial charge in [0.25, 0.3) is 0 Å². The molecule has 0 spiro atoms. The van der Waals surface area contributed by atoms with E-state index in [4.69, 9.17) is 5.11 Å². The summed E-state index contributed by atoms with van der Waals surface area (Å²) in [7, 11) is 0. The lowest BCUT2D eigenvalue weighted by atomic mass is 9.96. The number of hydrogen-bond donors (Lipinski definition) is 3. The number of nitrogens with one attached hydrogen (secondary N) is 2. The Labute approximate surface area is 114 Å². The fourth-order valence-electron chi connectivity index (χ4n) is 3.33. The van der Waals surface area contributed by atoms with Crippen molar-refractivity contribution in [1.82, 2.24) is 10.6 Å². The third-order valence-corrected chi connectivity index (χ3v) is 4.39. The van der Waals surface area contributed by atoms with Gasteiger partial charge in [-0.1, -0.05) is 19.3 Å². The van der Waals surface area contributed by atoms with Crippen LogP contribution in [0.15, 0.2) is 0 Å². The normalized spacial score (nSPS) is 27.6. The molecular weight excluding hydrogens is 244 g/mol. The van der Waals surface area contributed by atoms with Crippen LogP contribution in [-0.2, 0) is 9.59 Å². The van der Waals surface area contributed by atoms with Crippen molar-refractivity contribution in [3.8, 4) is 0 Å². The van der Waals surface area contributed by atoms with Crippen molar-refractivity contribution in [2.75, 3.05) is 13.1 Å². The van der Waals surface area contributed by atoms with Crippen LogP contribution in [0.4, 0.5) is 0 Å². The van der Waals surface area contributed by atoms with Crippen LogP contribution in [0.1, 0.15) is 44.9 Å². The van der Waals surface area contributed by atoms with Crippen molar-refractivity contribution in [2.45, 2.75) is 51.0 Å². The van der Waals surface area contributed by atoms with Crippen molar-refractivity contribution in [3.05, 3.63) is 0 Å². The first-order valence-corrected chi connectivity index (χ1v) is 7.39. The van der Waals surface area contributed by atoms with Crippen LogP contribution in [-0.4, -0.2) is 36.1 Å². The van der Waals surface area contributed by atoms with Gasteiger partial charge in [-0.05, 0) is 38.1 Å². The van der Waals surface area contributed by atoms with Gasteiger partial charge in [0.05, 0.1) is 12.5 Å². The summed E-state index contributed by atoms with van der Waals surface area (Å²) in [6, 6.07) is 0.354. The maximum absolute atomic E-state index is 11.7. The fourth-order valence-corrected chi connectivity index (χ4v) is 3.33. The van der Waals surface area contributed by atoms with Crippen molar-refractivity contribution >= 4 is 11.9 Å². The zero-order valence-corrected chi connectivity index (χ0v) is 11.4. The van der Waals surface area contributed by atoms with Gasteiger partial charge in [-0.2, -0.15) is 0 Å². The zero-order chi connectivity index (χ0) is 13.7. The van der Waals surface area contributed by atoms with Crippen LogP contribution in [0.5, 0.6) is 0 Å². The smallest absolute Gasteiger partial charge is 0.306 e. The maximum Gasteiger partial charge on any atom is 0.306 e. The Hall–Kier alpha value is -1.10. The molecule has 2 saturated carbocycles. The van der Waals surface area contributed by atoms with Crippen LogP contribution in [0.25, 0.3) is 0 Å². The van der Waals surface area contributed by atoms with Crippen molar-refractivity contribution < 1.29 is 14.7 Å². The topological polar surface area (TPSA) is 78.4 Å². The number of carbonyl (C=O) groups excluding carboxylic acids is 1. The second kappa shape index (κ2) is 6.89. The highest BCUT2D eigenvalue weighted by Gasteiger charge is 2.32. The van der Waals surface area contributed by atoms with Gasteiger partial charge in [0.1, 0.15) is 0 Å². The molecule has 0 saturated heterocycles. The minimum absolute atomic E-state index is 0.0387. The van der Waals surface area contributed by atoms with E-state index in [0.717, 1.165) is 32.1 Å². The van der Waals surface area contributed by atoms with Gasteiger partial charge in [0.2, 0.25) is 5.91 Å². The Bertz CT molecular complexity index is 327. The van der Waals surface area contributed by atoms with E-state index in [1.165, 1.54) is 12.8 Å². The van der Waals surface area contributed by atoms with E-state index in [1.54, 1.807) is 0 Å². The highest BCUT2D eigenvalue weighted by molar-refractivity contribution is 5.78. The zero-order valence-electron chi connectivity index (χ0n) is 11.4. The molecule has 0 aromatic rings. The summed E-state index contributed by atoms with van der Waals surface area (Å²) in [6.07, 6.45) is 7.31. The lowest BCUT2D eigenvalue weighted by molar-refractivity contribution is -0.142. The Morgan fingerprint density at radius 3 is 2.47 bits per heavy atom. The van der Waals surface area contributed by atoms with Crippen molar-refractivity contribution in [1.29, 1.82) is 0 Å². The highest BCUT2D eigenvalue weighted by atomic mass is 16.4. The van der Waals surface area contributed by atoms with Gasteiger partial charge in [-0.25, -0.2) is 0 Å². The van der Waals surface area contributed by atoms with Gasteiger partial charge < -0.3 is 15.7 Å². The molecule has 0 bridgehead atoms. The molecule has 2 atom stereocenters. The molecule has 19 heavy (non-hydrogen) atoms. The Balaban J connectivity index is 1.62. The molecule has 2 aliphatic rings. The molecule has 1 amide bonds. The first-order valence-electron chi connectivity index (χ1n) is 7.39. The summed E-state index contributed by atoms with van der Waals surface area (Å²) in [5, 5.41) is 15.2. The minimum atomic E-state index is -0.695. The number of carboxylic acids is 1. The fraction of sp³-hybridized carbons (Fsp3) is 0.857. The first kappa shape index (κ1) is 14.3. The quantitative estimate of drug-likeness (QED) is 0.675. The van der Waals surface area contributed by atoms with Gasteiger partial charge in [-0.15, -0.1) is 0 Å². The van der Waals surface area contributed by atoms with Gasteiger partial charge in [-0.3, -0.25) is 9.59 Å². The molecule has 5 heteroatoms. The van der Waals surface area contributed by atoms with Crippen molar-refractivity contribution in [3.63, 3.8) is 0 Å². The van der Waals surface area contributed by atoms with E-state index in [9.17, 15) is 9.59 Å². The first-order chi connectivity index (χ1) is 9.16. The molecule has 2 fully saturated rings. The molecule has 0 aliphatic heterocycles. The minimum Gasteiger partial charge on any atom is -0.481 e. The number of carboxylic acid groups (broad SMARTS) is 1. The number of amides is 1. The molecule has 3 N–H and O–H groups in total. The summed E-state index contributed by atoms with van der Waals surface area (Å²) in [6.45, 7) is 0.939. The average Bonchev–Trinajstić information content (AvgIpc) is 2.99. The predicted molar refractivity (Wildman–Crippen MR) is 71.7 cm³/mol. The van der Waals surface area contributed by atoms with Gasteiger partial charge in [0, 0.05) is 6.04 Å². The summed E-state index contributed by atoms with van der Waals surface area (Å²) >= 11 is 0. The van der Waals surface area contributed by atoms with Crippen LogP contribution in [0.3, 0.4) is 0 Å². The molecule has 0 aromatic heterocycles. The molecule has 108 valence electrons. The summed E-state index contributed by atoms with van der Waals surface area (Å²) in [5.41, 5.74) is 0. The largest absolute Gasteiger partial charge is 0.481 e. The molecule has 5 nitrogen and oxygen atoms in total. The molecule has 2 unspecified atom stereocenters. The number of rotatable bonds is 6. The summed E-state index contributed by atoms with van der Waals surface area (Å²) < 4.78 is 0. The predicted octanol–water partition coefficient (Wildman–Crippen LogP) is 1.14. The second-order valence-electron chi connectivity index (χ2n) is 5.82. The van der Waals surface area contributed by atoms with Gasteiger partial charge >= 0.3 is 5.97 Å². The van der Waals surface area contributed by atoms with Crippen LogP contribution >= 0.6 is 0 Å². The standard InChI is InChI=1S/C14H24N2O3/c17-13(16-11-5-1-2-6-11)9-15-8-10-4-3-7-12(10)14(18)19/h10-12,15H,1-9H2,(H,16,17)(H,18,19). The van der Waals surface area contributed by atoms with Crippen LogP contribution < -0.4 is 10.6 Å². The Morgan fingerprint density at radius 1 is 1.05 bits per heavy atom. The third-order valence-electron chi connectivity index (χ3n) is 4.39. The van der Waals surface area contributed by atoms with Crippen LogP contribution in [0, 0.1) is 11.8 Å². The van der Waals surface area contributed by atoms with E-state index >= 15 is 0 Å². The molecule has 0 aromatic carbocycles. The SMILES string of the molecule is O=C(CNCC1CCCC1C(=O)O)NC1CCCC1. The molecule has 2 rings (SSSR count). The van der Waals surface area contributed by atoms with E-state index < -0.39 is 5.97 Å². The van der Waals surface area contributed by atoms with E-state index in [-0.39, 0.29) is 17.7 Å². The van der Waals surface area contributed by atoms with E-state index in [0.29, 0.717) is 19.1 Å². The third kappa shape index (κ3) is 4.20. The molecular formula is C14H24N2O3. The van der Waals surface area contributed by atoms with E-state index in [2.05, 4.69) is 10.6 Å². The lowest BCUT2D eigenvalue weighted by Crippen LogP contribution is -2.41. The summed E-state index contributed by atoms with van der Waals surface area (Å²) in [4.78, 5) is 22.7. The lowest BCUT2D eigenvalue weighted by Gasteiger charge is -2.17.